The van der Waals surface area contributed by atoms with Crippen LogP contribution in [0.3, 0.4) is 0 Å². The van der Waals surface area contributed by atoms with Crippen molar-refractivity contribution in [2.75, 3.05) is 12.4 Å². The van der Waals surface area contributed by atoms with Gasteiger partial charge in [-0.25, -0.2) is 0 Å². The second-order valence-corrected chi connectivity index (χ2v) is 7.01. The van der Waals surface area contributed by atoms with Gasteiger partial charge >= 0.3 is 0 Å². The molecule has 0 aliphatic heterocycles. The fraction of sp³-hybridized carbons (Fsp3) is 0.429. The van der Waals surface area contributed by atoms with Gasteiger partial charge in [0.25, 0.3) is 5.91 Å². The summed E-state index contributed by atoms with van der Waals surface area (Å²) in [5.74, 6) is -0.111. The molecule has 132 valence electrons. The highest BCUT2D eigenvalue weighted by Gasteiger charge is 2.19. The van der Waals surface area contributed by atoms with E-state index in [1.54, 1.807) is 6.20 Å². The van der Waals surface area contributed by atoms with Crippen LogP contribution in [0.25, 0.3) is 0 Å². The van der Waals surface area contributed by atoms with Gasteiger partial charge in [0.15, 0.2) is 0 Å². The average molecular weight is 337 g/mol. The minimum atomic E-state index is -0.111. The van der Waals surface area contributed by atoms with E-state index in [9.17, 15) is 4.79 Å². The third-order valence-electron chi connectivity index (χ3n) is 5.06. The second kappa shape index (κ2) is 8.26. The Morgan fingerprint density at radius 3 is 2.64 bits per heavy atom. The Labute approximate surface area is 150 Å². The molecule has 0 saturated heterocycles. The van der Waals surface area contributed by atoms with E-state index < -0.39 is 0 Å². The number of nitrogens with one attached hydrogen (secondary N) is 1. The molecule has 4 heteroatoms. The number of benzene rings is 1. The summed E-state index contributed by atoms with van der Waals surface area (Å²) >= 11 is 0. The van der Waals surface area contributed by atoms with Gasteiger partial charge in [-0.05, 0) is 50.6 Å². The predicted molar refractivity (Wildman–Crippen MR) is 102 cm³/mol. The standard InChI is InChI=1S/C21H27N3O/c1-16-12-13-17(14-22-16)21(25)23-20-11-7-6-8-18(20)15-24(2)19-9-4-3-5-10-19/h6-8,11-14,19H,3-5,9-10,15H2,1-2H3,(H,23,25). The molecule has 1 aromatic carbocycles. The third-order valence-corrected chi connectivity index (χ3v) is 5.06. The van der Waals surface area contributed by atoms with Crippen molar-refractivity contribution >= 4 is 11.6 Å². The number of hydrogen-bond acceptors (Lipinski definition) is 3. The van der Waals surface area contributed by atoms with Crippen molar-refractivity contribution in [1.29, 1.82) is 0 Å². The Morgan fingerprint density at radius 1 is 1.16 bits per heavy atom. The number of pyridine rings is 1. The molecule has 0 unspecified atom stereocenters. The van der Waals surface area contributed by atoms with Crippen LogP contribution in [-0.4, -0.2) is 28.9 Å². The van der Waals surface area contributed by atoms with Crippen LogP contribution in [-0.2, 0) is 6.54 Å². The quantitative estimate of drug-likeness (QED) is 0.879. The van der Waals surface area contributed by atoms with Crippen LogP contribution in [0.1, 0.15) is 53.7 Å². The normalized spacial score (nSPS) is 15.3. The van der Waals surface area contributed by atoms with E-state index in [0.717, 1.165) is 23.5 Å². The number of hydrogen-bond donors (Lipinski definition) is 1. The number of aromatic nitrogens is 1. The Balaban J connectivity index is 1.69. The highest BCUT2D eigenvalue weighted by Crippen LogP contribution is 2.25. The van der Waals surface area contributed by atoms with Crippen molar-refractivity contribution in [2.45, 2.75) is 51.6 Å². The van der Waals surface area contributed by atoms with E-state index in [1.165, 1.54) is 32.1 Å². The Hall–Kier alpha value is -2.20. The Kier molecular flexibility index (Phi) is 5.82. The van der Waals surface area contributed by atoms with E-state index in [4.69, 9.17) is 0 Å². The Morgan fingerprint density at radius 2 is 1.92 bits per heavy atom. The zero-order valence-corrected chi connectivity index (χ0v) is 15.2. The summed E-state index contributed by atoms with van der Waals surface area (Å²) in [4.78, 5) is 19.1. The van der Waals surface area contributed by atoms with Crippen molar-refractivity contribution in [2.24, 2.45) is 0 Å². The maximum atomic E-state index is 12.5. The van der Waals surface area contributed by atoms with Crippen molar-refractivity contribution in [3.63, 3.8) is 0 Å². The second-order valence-electron chi connectivity index (χ2n) is 7.01. The molecule has 1 N–H and O–H groups in total. The first-order valence-electron chi connectivity index (χ1n) is 9.15. The molecule has 1 fully saturated rings. The molecule has 4 nitrogen and oxygen atoms in total. The van der Waals surface area contributed by atoms with Gasteiger partial charge < -0.3 is 5.32 Å². The summed E-state index contributed by atoms with van der Waals surface area (Å²) in [7, 11) is 2.19. The summed E-state index contributed by atoms with van der Waals surface area (Å²) in [6.07, 6.45) is 8.20. The summed E-state index contributed by atoms with van der Waals surface area (Å²) in [5, 5.41) is 3.05. The van der Waals surface area contributed by atoms with Crippen LogP contribution < -0.4 is 5.32 Å². The van der Waals surface area contributed by atoms with Crippen molar-refractivity contribution in [3.8, 4) is 0 Å². The number of rotatable bonds is 5. The number of carbonyl (C=O) groups is 1. The minimum Gasteiger partial charge on any atom is -0.322 e. The van der Waals surface area contributed by atoms with Crippen LogP contribution in [0.2, 0.25) is 0 Å². The largest absolute Gasteiger partial charge is 0.322 e. The van der Waals surface area contributed by atoms with Crippen LogP contribution in [0, 0.1) is 6.92 Å². The average Bonchev–Trinajstić information content (AvgIpc) is 2.64. The molecule has 1 saturated carbocycles. The summed E-state index contributed by atoms with van der Waals surface area (Å²) in [5.41, 5.74) is 3.53. The lowest BCUT2D eigenvalue weighted by Gasteiger charge is -2.31. The van der Waals surface area contributed by atoms with Gasteiger partial charge in [-0.2, -0.15) is 0 Å². The molecule has 1 amide bonds. The summed E-state index contributed by atoms with van der Waals surface area (Å²) in [6, 6.07) is 12.4. The number of aryl methyl sites for hydroxylation is 1. The zero-order chi connectivity index (χ0) is 17.6. The van der Waals surface area contributed by atoms with Gasteiger partial charge in [0, 0.05) is 30.2 Å². The number of anilines is 1. The first-order chi connectivity index (χ1) is 12.1. The van der Waals surface area contributed by atoms with Crippen molar-refractivity contribution in [1.82, 2.24) is 9.88 Å². The lowest BCUT2D eigenvalue weighted by Crippen LogP contribution is -2.33. The topological polar surface area (TPSA) is 45.2 Å². The smallest absolute Gasteiger partial charge is 0.257 e. The summed E-state index contributed by atoms with van der Waals surface area (Å²) < 4.78 is 0. The molecule has 2 aromatic rings. The van der Waals surface area contributed by atoms with Gasteiger partial charge in [0.1, 0.15) is 0 Å². The lowest BCUT2D eigenvalue weighted by atomic mass is 9.94. The zero-order valence-electron chi connectivity index (χ0n) is 15.2. The minimum absolute atomic E-state index is 0.111. The fourth-order valence-corrected chi connectivity index (χ4v) is 3.50. The Bertz CT molecular complexity index is 705. The molecule has 1 aliphatic carbocycles. The molecular weight excluding hydrogens is 310 g/mol. The third kappa shape index (κ3) is 4.67. The van der Waals surface area contributed by atoms with Crippen molar-refractivity contribution < 1.29 is 4.79 Å². The van der Waals surface area contributed by atoms with Crippen LogP contribution >= 0.6 is 0 Å². The van der Waals surface area contributed by atoms with Crippen LogP contribution in [0.15, 0.2) is 42.6 Å². The van der Waals surface area contributed by atoms with Gasteiger partial charge in [-0.3, -0.25) is 14.7 Å². The van der Waals surface area contributed by atoms with E-state index in [-0.39, 0.29) is 5.91 Å². The predicted octanol–water partition coefficient (Wildman–Crippen LogP) is 4.41. The summed E-state index contributed by atoms with van der Waals surface area (Å²) in [6.45, 7) is 2.77. The maximum Gasteiger partial charge on any atom is 0.257 e. The van der Waals surface area contributed by atoms with Gasteiger partial charge in [-0.15, -0.1) is 0 Å². The van der Waals surface area contributed by atoms with E-state index in [2.05, 4.69) is 28.3 Å². The molecule has 0 bridgehead atoms. The molecule has 0 atom stereocenters. The number of para-hydroxylation sites is 1. The number of nitrogens with zero attached hydrogens (tertiary/aromatic N) is 2. The molecule has 1 aromatic heterocycles. The fourth-order valence-electron chi connectivity index (χ4n) is 3.50. The SMILES string of the molecule is Cc1ccc(C(=O)Nc2ccccc2CN(C)C2CCCCC2)cn1. The molecular formula is C21H27N3O. The molecule has 1 heterocycles. The molecule has 3 rings (SSSR count). The van der Waals surface area contributed by atoms with E-state index in [0.29, 0.717) is 11.6 Å². The monoisotopic (exact) mass is 337 g/mol. The van der Waals surface area contributed by atoms with E-state index >= 15 is 0 Å². The van der Waals surface area contributed by atoms with Gasteiger partial charge in [0.2, 0.25) is 0 Å². The van der Waals surface area contributed by atoms with E-state index in [1.807, 2.05) is 37.3 Å². The number of amides is 1. The van der Waals surface area contributed by atoms with Crippen molar-refractivity contribution in [3.05, 3.63) is 59.4 Å². The molecule has 0 spiro atoms. The van der Waals surface area contributed by atoms with Crippen LogP contribution in [0.4, 0.5) is 5.69 Å². The van der Waals surface area contributed by atoms with Gasteiger partial charge in [0.05, 0.1) is 5.56 Å². The highest BCUT2D eigenvalue weighted by molar-refractivity contribution is 6.04. The highest BCUT2D eigenvalue weighted by atomic mass is 16.1. The first-order valence-corrected chi connectivity index (χ1v) is 9.15. The van der Waals surface area contributed by atoms with Crippen LogP contribution in [0.5, 0.6) is 0 Å². The first kappa shape index (κ1) is 17.6. The number of carbonyl (C=O) groups excluding carboxylic acids is 1. The molecule has 0 radical (unpaired) electrons. The van der Waals surface area contributed by atoms with Gasteiger partial charge in [-0.1, -0.05) is 37.5 Å². The lowest BCUT2D eigenvalue weighted by molar-refractivity contribution is 0.102. The molecule has 25 heavy (non-hydrogen) atoms. The maximum absolute atomic E-state index is 12.5. The molecule has 1 aliphatic rings.